The number of ether oxygens (including phenoxy) is 1. The molecular weight excluding hydrogens is 412 g/mol. The monoisotopic (exact) mass is 436 g/mol. The molecule has 0 radical (unpaired) electrons. The maximum Gasteiger partial charge on any atom is 0.260 e. The predicted molar refractivity (Wildman–Crippen MR) is 118 cm³/mol. The Morgan fingerprint density at radius 1 is 0.903 bits per heavy atom. The van der Waals surface area contributed by atoms with Crippen LogP contribution >= 0.6 is 0 Å². The number of carbonyl (C=O) groups is 1. The number of rotatable bonds is 7. The SMILES string of the molecule is O=C(COc1ccc(S(=O)(=O)NCc2ccccc2)cc1)N1CCc2ccccc2C1. The van der Waals surface area contributed by atoms with E-state index in [1.807, 2.05) is 48.5 Å². The van der Waals surface area contributed by atoms with Crippen LogP contribution in [-0.2, 0) is 34.3 Å². The second kappa shape index (κ2) is 9.32. The third-order valence-corrected chi connectivity index (χ3v) is 6.71. The van der Waals surface area contributed by atoms with Crippen LogP contribution in [0.25, 0.3) is 0 Å². The van der Waals surface area contributed by atoms with Gasteiger partial charge in [-0.1, -0.05) is 54.6 Å². The summed E-state index contributed by atoms with van der Waals surface area (Å²) in [4.78, 5) is 14.5. The number of hydrogen-bond donors (Lipinski definition) is 1. The van der Waals surface area contributed by atoms with Crippen molar-refractivity contribution >= 4 is 15.9 Å². The molecule has 7 heteroatoms. The van der Waals surface area contributed by atoms with Crippen molar-refractivity contribution in [2.75, 3.05) is 13.2 Å². The van der Waals surface area contributed by atoms with Gasteiger partial charge in [-0.05, 0) is 47.4 Å². The van der Waals surface area contributed by atoms with E-state index in [0.29, 0.717) is 18.8 Å². The van der Waals surface area contributed by atoms with Crippen LogP contribution in [0.3, 0.4) is 0 Å². The number of fused-ring (bicyclic) bond motifs is 1. The lowest BCUT2D eigenvalue weighted by atomic mass is 10.00. The van der Waals surface area contributed by atoms with Gasteiger partial charge in [-0.3, -0.25) is 4.79 Å². The third kappa shape index (κ3) is 5.31. The highest BCUT2D eigenvalue weighted by atomic mass is 32.2. The van der Waals surface area contributed by atoms with E-state index < -0.39 is 10.0 Å². The fourth-order valence-electron chi connectivity index (χ4n) is 3.52. The minimum absolute atomic E-state index is 0.0828. The van der Waals surface area contributed by atoms with Gasteiger partial charge in [0.1, 0.15) is 5.75 Å². The highest BCUT2D eigenvalue weighted by Gasteiger charge is 2.21. The summed E-state index contributed by atoms with van der Waals surface area (Å²) in [5.41, 5.74) is 3.33. The van der Waals surface area contributed by atoms with Gasteiger partial charge >= 0.3 is 0 Å². The molecule has 31 heavy (non-hydrogen) atoms. The molecule has 0 atom stereocenters. The van der Waals surface area contributed by atoms with Crippen molar-refractivity contribution in [3.8, 4) is 5.75 Å². The molecule has 0 aliphatic carbocycles. The maximum absolute atomic E-state index is 12.5. The Labute approximate surface area is 182 Å². The number of hydrogen-bond acceptors (Lipinski definition) is 4. The lowest BCUT2D eigenvalue weighted by Gasteiger charge is -2.28. The van der Waals surface area contributed by atoms with E-state index in [1.165, 1.54) is 23.3 Å². The van der Waals surface area contributed by atoms with Crippen molar-refractivity contribution in [1.82, 2.24) is 9.62 Å². The predicted octanol–water partition coefficient (Wildman–Crippen LogP) is 3.13. The summed E-state index contributed by atoms with van der Waals surface area (Å²) in [5, 5.41) is 0. The van der Waals surface area contributed by atoms with Crippen LogP contribution < -0.4 is 9.46 Å². The second-order valence-electron chi connectivity index (χ2n) is 7.40. The van der Waals surface area contributed by atoms with Crippen LogP contribution in [0.5, 0.6) is 5.75 Å². The van der Waals surface area contributed by atoms with Crippen molar-refractivity contribution in [3.05, 3.63) is 95.6 Å². The van der Waals surface area contributed by atoms with Gasteiger partial charge in [0.05, 0.1) is 4.90 Å². The molecule has 0 saturated carbocycles. The van der Waals surface area contributed by atoms with Gasteiger partial charge < -0.3 is 9.64 Å². The largest absolute Gasteiger partial charge is 0.484 e. The Bertz CT molecular complexity index is 1150. The van der Waals surface area contributed by atoms with Gasteiger partial charge in [0.15, 0.2) is 6.61 Å². The lowest BCUT2D eigenvalue weighted by molar-refractivity contribution is -0.134. The summed E-state index contributed by atoms with van der Waals surface area (Å²) >= 11 is 0. The lowest BCUT2D eigenvalue weighted by Crippen LogP contribution is -2.38. The molecule has 0 unspecified atom stereocenters. The van der Waals surface area contributed by atoms with Crippen LogP contribution in [0.2, 0.25) is 0 Å². The van der Waals surface area contributed by atoms with Crippen LogP contribution in [0.15, 0.2) is 83.8 Å². The summed E-state index contributed by atoms with van der Waals surface area (Å²) in [6.07, 6.45) is 0.838. The minimum Gasteiger partial charge on any atom is -0.484 e. The van der Waals surface area contributed by atoms with Gasteiger partial charge in [-0.15, -0.1) is 0 Å². The standard InChI is InChI=1S/C24H24N2O4S/c27-24(26-15-14-20-8-4-5-9-21(20)17-26)18-30-22-10-12-23(13-11-22)31(28,29)25-16-19-6-2-1-3-7-19/h1-13,25H,14-18H2. The molecule has 0 bridgehead atoms. The fraction of sp³-hybridized carbons (Fsp3) is 0.208. The number of nitrogens with one attached hydrogen (secondary N) is 1. The molecule has 3 aromatic carbocycles. The smallest absolute Gasteiger partial charge is 0.260 e. The fourth-order valence-corrected chi connectivity index (χ4v) is 4.54. The first-order valence-electron chi connectivity index (χ1n) is 10.1. The van der Waals surface area contributed by atoms with E-state index in [0.717, 1.165) is 12.0 Å². The second-order valence-corrected chi connectivity index (χ2v) is 9.17. The summed E-state index contributed by atoms with van der Waals surface area (Å²) in [6.45, 7) is 1.39. The van der Waals surface area contributed by atoms with E-state index in [-0.39, 0.29) is 24.0 Å². The summed E-state index contributed by atoms with van der Waals surface area (Å²) in [5.74, 6) is 0.364. The Morgan fingerprint density at radius 3 is 2.32 bits per heavy atom. The Kier molecular flexibility index (Phi) is 6.34. The van der Waals surface area contributed by atoms with Crippen molar-refractivity contribution in [2.24, 2.45) is 0 Å². The topological polar surface area (TPSA) is 75.7 Å². The van der Waals surface area contributed by atoms with E-state index in [2.05, 4.69) is 10.8 Å². The Balaban J connectivity index is 1.31. The minimum atomic E-state index is -3.63. The third-order valence-electron chi connectivity index (χ3n) is 5.29. The van der Waals surface area contributed by atoms with Crippen molar-refractivity contribution in [2.45, 2.75) is 24.4 Å². The molecule has 0 saturated heterocycles. The first kappa shape index (κ1) is 21.1. The molecule has 0 aromatic heterocycles. The van der Waals surface area contributed by atoms with E-state index in [1.54, 1.807) is 17.0 Å². The quantitative estimate of drug-likeness (QED) is 0.618. The van der Waals surface area contributed by atoms with E-state index in [4.69, 9.17) is 4.74 Å². The molecule has 1 heterocycles. The number of nitrogens with zero attached hydrogens (tertiary/aromatic N) is 1. The molecule has 1 amide bonds. The first-order chi connectivity index (χ1) is 15.0. The summed E-state index contributed by atoms with van der Waals surface area (Å²) in [7, 11) is -3.63. The van der Waals surface area contributed by atoms with Crippen LogP contribution in [0.4, 0.5) is 0 Å². The molecule has 160 valence electrons. The van der Waals surface area contributed by atoms with Crippen LogP contribution in [0.1, 0.15) is 16.7 Å². The molecule has 0 fully saturated rings. The maximum atomic E-state index is 12.5. The van der Waals surface area contributed by atoms with Crippen LogP contribution in [0, 0.1) is 0 Å². The zero-order valence-corrected chi connectivity index (χ0v) is 17.8. The summed E-state index contributed by atoms with van der Waals surface area (Å²) in [6, 6.07) is 23.5. The molecule has 0 spiro atoms. The zero-order chi connectivity index (χ0) is 21.7. The van der Waals surface area contributed by atoms with Crippen molar-refractivity contribution in [3.63, 3.8) is 0 Å². The number of sulfonamides is 1. The van der Waals surface area contributed by atoms with Gasteiger partial charge in [0.2, 0.25) is 10.0 Å². The van der Waals surface area contributed by atoms with Crippen LogP contribution in [-0.4, -0.2) is 32.4 Å². The van der Waals surface area contributed by atoms with Gasteiger partial charge in [-0.2, -0.15) is 0 Å². The molecule has 1 N–H and O–H groups in total. The Morgan fingerprint density at radius 2 is 1.58 bits per heavy atom. The molecule has 4 rings (SSSR count). The van der Waals surface area contributed by atoms with E-state index >= 15 is 0 Å². The normalized spacial score (nSPS) is 13.5. The van der Waals surface area contributed by atoms with Gasteiger partial charge in [-0.25, -0.2) is 13.1 Å². The molecule has 3 aromatic rings. The zero-order valence-electron chi connectivity index (χ0n) is 17.0. The highest BCUT2D eigenvalue weighted by molar-refractivity contribution is 7.89. The van der Waals surface area contributed by atoms with E-state index in [9.17, 15) is 13.2 Å². The van der Waals surface area contributed by atoms with Crippen molar-refractivity contribution in [1.29, 1.82) is 0 Å². The van der Waals surface area contributed by atoms with Crippen molar-refractivity contribution < 1.29 is 17.9 Å². The Hall–Kier alpha value is -3.16. The number of benzene rings is 3. The van der Waals surface area contributed by atoms with Gasteiger partial charge in [0, 0.05) is 19.6 Å². The number of amides is 1. The van der Waals surface area contributed by atoms with Gasteiger partial charge in [0.25, 0.3) is 5.91 Å². The molecule has 1 aliphatic heterocycles. The highest BCUT2D eigenvalue weighted by Crippen LogP contribution is 2.20. The average molecular weight is 437 g/mol. The average Bonchev–Trinajstić information content (AvgIpc) is 2.82. The molecule has 1 aliphatic rings. The number of carbonyl (C=O) groups excluding carboxylic acids is 1. The molecular formula is C24H24N2O4S. The molecule has 6 nitrogen and oxygen atoms in total. The summed E-state index contributed by atoms with van der Waals surface area (Å²) < 4.78 is 33.1. The first-order valence-corrected chi connectivity index (χ1v) is 11.6.